The van der Waals surface area contributed by atoms with Gasteiger partial charge in [-0.2, -0.15) is 0 Å². The predicted octanol–water partition coefficient (Wildman–Crippen LogP) is 3.90. The number of pyridine rings is 1. The summed E-state index contributed by atoms with van der Waals surface area (Å²) in [6.45, 7) is 11.2. The molecule has 5 heteroatoms. The molecule has 1 aromatic heterocycles. The molecule has 0 amide bonds. The number of hydrogen-bond acceptors (Lipinski definition) is 3. The number of halogens is 1. The predicted molar refractivity (Wildman–Crippen MR) is 80.0 cm³/mol. The van der Waals surface area contributed by atoms with E-state index in [4.69, 9.17) is 4.43 Å². The van der Waals surface area contributed by atoms with Gasteiger partial charge in [-0.25, -0.2) is 4.98 Å². The van der Waals surface area contributed by atoms with Crippen LogP contribution in [0, 0.1) is 0 Å². The van der Waals surface area contributed by atoms with Crippen LogP contribution in [-0.2, 0) is 4.43 Å². The molecule has 0 fully saturated rings. The van der Waals surface area contributed by atoms with Crippen molar-refractivity contribution in [1.82, 2.24) is 4.98 Å². The lowest BCUT2D eigenvalue weighted by atomic mass is 10.2. The van der Waals surface area contributed by atoms with Crippen LogP contribution < -0.4 is 0 Å². The van der Waals surface area contributed by atoms with E-state index in [2.05, 4.69) is 54.8 Å². The molecule has 0 aliphatic heterocycles. The third kappa shape index (κ3) is 4.15. The second-order valence-corrected chi connectivity index (χ2v) is 11.6. The molecular weight excluding hydrogens is 310 g/mol. The fraction of sp³-hybridized carbons (Fsp3) is 0.615. The van der Waals surface area contributed by atoms with Gasteiger partial charge >= 0.3 is 0 Å². The molecule has 1 unspecified atom stereocenters. The maximum absolute atomic E-state index is 10.1. The minimum Gasteiger partial charge on any atom is -0.414 e. The Morgan fingerprint density at radius 2 is 2.00 bits per heavy atom. The first-order valence-electron chi connectivity index (χ1n) is 6.08. The SMILES string of the molecule is CC(C)(C)[Si](C)(C)OCC(O)c1cccc(Br)n1. The Bertz CT molecular complexity index is 404. The van der Waals surface area contributed by atoms with Crippen molar-refractivity contribution in [3.63, 3.8) is 0 Å². The van der Waals surface area contributed by atoms with Crippen molar-refractivity contribution in [3.8, 4) is 0 Å². The van der Waals surface area contributed by atoms with Crippen LogP contribution in [-0.4, -0.2) is 25.0 Å². The van der Waals surface area contributed by atoms with Gasteiger partial charge in [-0.1, -0.05) is 26.8 Å². The lowest BCUT2D eigenvalue weighted by Gasteiger charge is -2.36. The third-order valence-corrected chi connectivity index (χ3v) is 8.43. The average Bonchev–Trinajstić information content (AvgIpc) is 2.24. The van der Waals surface area contributed by atoms with E-state index < -0.39 is 14.4 Å². The van der Waals surface area contributed by atoms with E-state index in [0.717, 1.165) is 4.60 Å². The quantitative estimate of drug-likeness (QED) is 0.672. The number of aromatic nitrogens is 1. The zero-order valence-electron chi connectivity index (χ0n) is 11.7. The Kier molecular flexibility index (Phi) is 5.11. The third-order valence-electron chi connectivity index (χ3n) is 3.49. The molecule has 18 heavy (non-hydrogen) atoms. The van der Waals surface area contributed by atoms with Gasteiger partial charge in [0.1, 0.15) is 10.7 Å². The van der Waals surface area contributed by atoms with E-state index in [1.165, 1.54) is 0 Å². The normalized spacial score (nSPS) is 14.6. The maximum Gasteiger partial charge on any atom is 0.192 e. The minimum atomic E-state index is -1.81. The molecule has 0 spiro atoms. The van der Waals surface area contributed by atoms with Gasteiger partial charge < -0.3 is 9.53 Å². The molecule has 0 aliphatic rings. The highest BCUT2D eigenvalue weighted by atomic mass is 79.9. The van der Waals surface area contributed by atoms with Crippen LogP contribution in [0.4, 0.5) is 0 Å². The first-order chi connectivity index (χ1) is 8.13. The second kappa shape index (κ2) is 5.82. The van der Waals surface area contributed by atoms with E-state index >= 15 is 0 Å². The van der Waals surface area contributed by atoms with Crippen molar-refractivity contribution in [2.45, 2.75) is 45.0 Å². The highest BCUT2D eigenvalue weighted by Crippen LogP contribution is 2.37. The van der Waals surface area contributed by atoms with E-state index in [9.17, 15) is 5.11 Å². The largest absolute Gasteiger partial charge is 0.414 e. The smallest absolute Gasteiger partial charge is 0.192 e. The van der Waals surface area contributed by atoms with Gasteiger partial charge in [0.2, 0.25) is 0 Å². The number of rotatable bonds is 4. The van der Waals surface area contributed by atoms with Crippen LogP contribution in [0.5, 0.6) is 0 Å². The van der Waals surface area contributed by atoms with Crippen molar-refractivity contribution in [2.24, 2.45) is 0 Å². The Labute approximate surface area is 119 Å². The molecular formula is C13H22BrNO2Si. The second-order valence-electron chi connectivity index (χ2n) is 5.97. The molecule has 0 bridgehead atoms. The number of nitrogens with zero attached hydrogens (tertiary/aromatic N) is 1. The van der Waals surface area contributed by atoms with Crippen molar-refractivity contribution < 1.29 is 9.53 Å². The van der Waals surface area contributed by atoms with Crippen molar-refractivity contribution >= 4 is 24.2 Å². The van der Waals surface area contributed by atoms with Gasteiger partial charge in [0.15, 0.2) is 8.32 Å². The van der Waals surface area contributed by atoms with Crippen LogP contribution in [0.15, 0.2) is 22.8 Å². The average molecular weight is 332 g/mol. The van der Waals surface area contributed by atoms with Crippen LogP contribution in [0.1, 0.15) is 32.6 Å². The molecule has 1 atom stereocenters. The summed E-state index contributed by atoms with van der Waals surface area (Å²) in [6.07, 6.45) is -0.670. The van der Waals surface area contributed by atoms with Crippen LogP contribution in [0.3, 0.4) is 0 Å². The first kappa shape index (κ1) is 15.8. The molecule has 1 rings (SSSR count). The Hall–Kier alpha value is -0.233. The fourth-order valence-electron chi connectivity index (χ4n) is 1.20. The molecule has 1 N–H and O–H groups in total. The lowest BCUT2D eigenvalue weighted by molar-refractivity contribution is 0.0968. The van der Waals surface area contributed by atoms with Crippen LogP contribution in [0.25, 0.3) is 0 Å². The van der Waals surface area contributed by atoms with E-state index in [1.807, 2.05) is 18.2 Å². The highest BCUT2D eigenvalue weighted by molar-refractivity contribution is 9.10. The van der Waals surface area contributed by atoms with Gasteiger partial charge in [0.25, 0.3) is 0 Å². The van der Waals surface area contributed by atoms with Gasteiger partial charge in [0.05, 0.1) is 12.3 Å². The lowest BCUT2D eigenvalue weighted by Crippen LogP contribution is -2.41. The van der Waals surface area contributed by atoms with Gasteiger partial charge in [-0.3, -0.25) is 0 Å². The van der Waals surface area contributed by atoms with E-state index in [1.54, 1.807) is 0 Å². The Balaban J connectivity index is 2.64. The Morgan fingerprint density at radius 3 is 2.50 bits per heavy atom. The summed E-state index contributed by atoms with van der Waals surface area (Å²) >= 11 is 3.30. The number of aliphatic hydroxyl groups excluding tert-OH is 1. The topological polar surface area (TPSA) is 42.4 Å². The number of hydrogen-bond donors (Lipinski definition) is 1. The molecule has 0 radical (unpaired) electrons. The monoisotopic (exact) mass is 331 g/mol. The van der Waals surface area contributed by atoms with Crippen molar-refractivity contribution in [3.05, 3.63) is 28.5 Å². The number of aliphatic hydroxyl groups is 1. The van der Waals surface area contributed by atoms with Gasteiger partial charge in [0, 0.05) is 0 Å². The fourth-order valence-corrected chi connectivity index (χ4v) is 2.56. The Morgan fingerprint density at radius 1 is 1.39 bits per heavy atom. The standard InChI is InChI=1S/C13H22BrNO2Si/c1-13(2,3)18(4,5)17-9-11(16)10-7-6-8-12(14)15-10/h6-8,11,16H,9H2,1-5H3. The zero-order valence-corrected chi connectivity index (χ0v) is 14.3. The van der Waals surface area contributed by atoms with Crippen LogP contribution >= 0.6 is 15.9 Å². The summed E-state index contributed by atoms with van der Waals surface area (Å²) in [7, 11) is -1.81. The van der Waals surface area contributed by atoms with Gasteiger partial charge in [-0.15, -0.1) is 0 Å². The summed E-state index contributed by atoms with van der Waals surface area (Å²) in [6, 6.07) is 5.51. The minimum absolute atomic E-state index is 0.150. The van der Waals surface area contributed by atoms with E-state index in [0.29, 0.717) is 12.3 Å². The molecule has 0 saturated heterocycles. The molecule has 0 saturated carbocycles. The molecule has 3 nitrogen and oxygen atoms in total. The summed E-state index contributed by atoms with van der Waals surface area (Å²) in [5, 5.41) is 10.2. The molecule has 1 heterocycles. The van der Waals surface area contributed by atoms with E-state index in [-0.39, 0.29) is 5.04 Å². The highest BCUT2D eigenvalue weighted by Gasteiger charge is 2.37. The summed E-state index contributed by atoms with van der Waals surface area (Å²) in [5.74, 6) is 0. The zero-order chi connectivity index (χ0) is 14.0. The summed E-state index contributed by atoms with van der Waals surface area (Å²) < 4.78 is 6.71. The molecule has 0 aliphatic carbocycles. The van der Waals surface area contributed by atoms with Gasteiger partial charge in [-0.05, 0) is 46.2 Å². The molecule has 0 aromatic carbocycles. The first-order valence-corrected chi connectivity index (χ1v) is 9.78. The van der Waals surface area contributed by atoms with Crippen molar-refractivity contribution in [1.29, 1.82) is 0 Å². The summed E-state index contributed by atoms with van der Waals surface area (Å²) in [4.78, 5) is 4.24. The van der Waals surface area contributed by atoms with Crippen molar-refractivity contribution in [2.75, 3.05) is 6.61 Å². The maximum atomic E-state index is 10.1. The van der Waals surface area contributed by atoms with Crippen LogP contribution in [0.2, 0.25) is 18.1 Å². The molecule has 102 valence electrons. The molecule has 1 aromatic rings. The summed E-state index contributed by atoms with van der Waals surface area (Å²) in [5.41, 5.74) is 0.642.